The minimum atomic E-state index is -4.52. The van der Waals surface area contributed by atoms with E-state index < -0.39 is 29.1 Å². The van der Waals surface area contributed by atoms with E-state index in [9.17, 15) is 32.3 Å². The van der Waals surface area contributed by atoms with E-state index >= 15 is 0 Å². The maximum atomic E-state index is 14.0. The van der Waals surface area contributed by atoms with E-state index in [0.29, 0.717) is 62.4 Å². The summed E-state index contributed by atoms with van der Waals surface area (Å²) in [4.78, 5) is 31.5. The van der Waals surface area contributed by atoms with Gasteiger partial charge in [0.15, 0.2) is 0 Å². The first-order valence-electron chi connectivity index (χ1n) is 14.7. The molecule has 0 spiro atoms. The Morgan fingerprint density at radius 1 is 1.09 bits per heavy atom. The zero-order valence-electron chi connectivity index (χ0n) is 23.8. The maximum Gasteiger partial charge on any atom is 0.416 e. The third-order valence-corrected chi connectivity index (χ3v) is 9.90. The van der Waals surface area contributed by atoms with Gasteiger partial charge in [-0.3, -0.25) is 9.69 Å². The van der Waals surface area contributed by atoms with Gasteiger partial charge in [0.25, 0.3) is 5.91 Å². The third-order valence-electron chi connectivity index (χ3n) is 9.56. The summed E-state index contributed by atoms with van der Waals surface area (Å²) < 4.78 is 60.8. The second-order valence-electron chi connectivity index (χ2n) is 12.2. The number of carbonyl (C=O) groups excluding carboxylic acids is 1. The smallest absolute Gasteiger partial charge is 0.416 e. The number of amides is 1. The molecule has 2 aromatic rings. The SMILES string of the molecule is CC1CN([C@@H]2CC[C@@](C(=O)N3CCc4c(Cl)cc(C(F)(F)F)cc4C3)(C3CC3)OC2)CCN1c1ccc(F)c(C(=O)O)c1. The van der Waals surface area contributed by atoms with Crippen molar-refractivity contribution in [2.75, 3.05) is 37.7 Å². The van der Waals surface area contributed by atoms with Crippen LogP contribution in [0, 0.1) is 11.7 Å². The second kappa shape index (κ2) is 11.2. The van der Waals surface area contributed by atoms with Crippen LogP contribution in [0.25, 0.3) is 0 Å². The number of halogens is 5. The lowest BCUT2D eigenvalue weighted by Gasteiger charge is -2.49. The number of nitrogens with zero attached hydrogens (tertiary/aromatic N) is 3. The molecule has 1 amide bonds. The van der Waals surface area contributed by atoms with Gasteiger partial charge in [-0.05, 0) is 86.4 Å². The molecule has 1 aliphatic carbocycles. The number of aromatic carboxylic acids is 1. The Balaban J connectivity index is 1.11. The molecule has 1 saturated carbocycles. The molecule has 0 radical (unpaired) electrons. The highest BCUT2D eigenvalue weighted by Gasteiger charge is 2.56. The van der Waals surface area contributed by atoms with E-state index in [2.05, 4.69) is 9.80 Å². The summed E-state index contributed by atoms with van der Waals surface area (Å²) in [7, 11) is 0. The first-order chi connectivity index (χ1) is 20.4. The number of rotatable bonds is 5. The van der Waals surface area contributed by atoms with Crippen molar-refractivity contribution < 1.29 is 37.0 Å². The Morgan fingerprint density at radius 3 is 2.49 bits per heavy atom. The number of benzene rings is 2. The van der Waals surface area contributed by atoms with Crippen LogP contribution in [0.5, 0.6) is 0 Å². The molecule has 3 atom stereocenters. The fourth-order valence-corrected chi connectivity index (χ4v) is 7.43. The lowest BCUT2D eigenvalue weighted by molar-refractivity contribution is -0.176. The molecule has 0 bridgehead atoms. The van der Waals surface area contributed by atoms with Crippen LogP contribution < -0.4 is 4.90 Å². The van der Waals surface area contributed by atoms with E-state index in [-0.39, 0.29) is 41.0 Å². The van der Waals surface area contributed by atoms with Crippen molar-refractivity contribution in [1.82, 2.24) is 9.80 Å². The number of anilines is 1. The molecule has 2 aromatic carbocycles. The number of alkyl halides is 3. The summed E-state index contributed by atoms with van der Waals surface area (Å²) in [6.07, 6.45) is -1.06. The van der Waals surface area contributed by atoms with Crippen molar-refractivity contribution in [1.29, 1.82) is 0 Å². The average molecular weight is 624 g/mol. The van der Waals surface area contributed by atoms with Crippen LogP contribution in [0.2, 0.25) is 5.02 Å². The van der Waals surface area contributed by atoms with Crippen molar-refractivity contribution >= 4 is 29.2 Å². The summed E-state index contributed by atoms with van der Waals surface area (Å²) in [5.74, 6) is -2.11. The zero-order chi connectivity index (χ0) is 30.7. The van der Waals surface area contributed by atoms with Crippen LogP contribution in [0.1, 0.15) is 59.7 Å². The van der Waals surface area contributed by atoms with Gasteiger partial charge in [0, 0.05) is 55.5 Å². The molecular weight excluding hydrogens is 590 g/mol. The molecule has 6 rings (SSSR count). The molecule has 0 aromatic heterocycles. The van der Waals surface area contributed by atoms with Gasteiger partial charge in [-0.2, -0.15) is 13.2 Å². The van der Waals surface area contributed by atoms with Crippen LogP contribution in [0.4, 0.5) is 23.2 Å². The summed E-state index contributed by atoms with van der Waals surface area (Å²) in [6, 6.07) is 6.37. The Labute approximate surface area is 252 Å². The van der Waals surface area contributed by atoms with Crippen LogP contribution >= 0.6 is 11.6 Å². The largest absolute Gasteiger partial charge is 0.478 e. The van der Waals surface area contributed by atoms with Gasteiger partial charge in [0.1, 0.15) is 11.4 Å². The van der Waals surface area contributed by atoms with Crippen LogP contribution in [0.3, 0.4) is 0 Å². The minimum Gasteiger partial charge on any atom is -0.478 e. The number of piperazine rings is 1. The number of carboxylic acid groups (broad SMARTS) is 1. The topological polar surface area (TPSA) is 73.3 Å². The summed E-state index contributed by atoms with van der Waals surface area (Å²) in [6.45, 7) is 4.91. The quantitative estimate of drug-likeness (QED) is 0.436. The Hall–Kier alpha value is -2.89. The lowest BCUT2D eigenvalue weighted by Crippen LogP contribution is -2.61. The lowest BCUT2D eigenvalue weighted by atomic mass is 9.84. The highest BCUT2D eigenvalue weighted by molar-refractivity contribution is 6.31. The third kappa shape index (κ3) is 5.71. The zero-order valence-corrected chi connectivity index (χ0v) is 24.6. The van der Waals surface area contributed by atoms with E-state index in [1.54, 1.807) is 11.0 Å². The van der Waals surface area contributed by atoms with E-state index in [1.807, 2.05) is 6.92 Å². The Morgan fingerprint density at radius 2 is 1.86 bits per heavy atom. The van der Waals surface area contributed by atoms with Gasteiger partial charge in [0.2, 0.25) is 0 Å². The molecule has 12 heteroatoms. The molecular formula is C31H34ClF4N3O4. The second-order valence-corrected chi connectivity index (χ2v) is 12.7. The van der Waals surface area contributed by atoms with E-state index in [0.717, 1.165) is 31.4 Å². The van der Waals surface area contributed by atoms with Gasteiger partial charge < -0.3 is 19.6 Å². The van der Waals surface area contributed by atoms with E-state index in [1.165, 1.54) is 12.1 Å². The predicted molar refractivity (Wildman–Crippen MR) is 152 cm³/mol. The van der Waals surface area contributed by atoms with Crippen molar-refractivity contribution in [3.05, 3.63) is 63.4 Å². The molecule has 7 nitrogen and oxygen atoms in total. The van der Waals surface area contributed by atoms with Crippen LogP contribution in [-0.2, 0) is 28.7 Å². The van der Waals surface area contributed by atoms with Crippen LogP contribution in [0.15, 0.2) is 30.3 Å². The number of fused-ring (bicyclic) bond motifs is 1. The molecule has 3 fully saturated rings. The first-order valence-corrected chi connectivity index (χ1v) is 15.1. The van der Waals surface area contributed by atoms with E-state index in [4.69, 9.17) is 16.3 Å². The molecule has 3 aliphatic heterocycles. The molecule has 3 heterocycles. The number of carbonyl (C=O) groups is 2. The molecule has 1 unspecified atom stereocenters. The van der Waals surface area contributed by atoms with Gasteiger partial charge >= 0.3 is 12.1 Å². The molecule has 43 heavy (non-hydrogen) atoms. The highest BCUT2D eigenvalue weighted by Crippen LogP contribution is 2.49. The summed E-state index contributed by atoms with van der Waals surface area (Å²) in [5, 5.41) is 9.40. The Bertz CT molecular complexity index is 1420. The number of carboxylic acids is 1. The first kappa shape index (κ1) is 30.1. The highest BCUT2D eigenvalue weighted by atomic mass is 35.5. The minimum absolute atomic E-state index is 0.0411. The van der Waals surface area contributed by atoms with Crippen molar-refractivity contribution in [3.8, 4) is 0 Å². The fraction of sp³-hybridized carbons (Fsp3) is 0.548. The standard InChI is InChI=1S/C31H34ClF4N3O4/c1-18-15-37(10-11-39(18)22-4-5-27(33)25(14-22)28(40)41)23-6-8-30(43-17-23,20-2-3-20)29(42)38-9-7-24-19(16-38)12-21(13-26(24)32)31(34,35)36/h4-5,12-14,18,20,23H,2-3,6-11,15-17H2,1H3,(H,40,41)/t18?,23-,30+/m1/s1. The number of hydrogen-bond donors (Lipinski definition) is 1. The summed E-state index contributed by atoms with van der Waals surface area (Å²) in [5.41, 5.74) is -0.366. The van der Waals surface area contributed by atoms with Gasteiger partial charge in [-0.15, -0.1) is 0 Å². The molecule has 232 valence electrons. The van der Waals surface area contributed by atoms with Gasteiger partial charge in [-0.25, -0.2) is 9.18 Å². The number of ether oxygens (including phenoxy) is 1. The summed E-state index contributed by atoms with van der Waals surface area (Å²) >= 11 is 6.21. The normalized spacial score (nSPS) is 26.7. The van der Waals surface area contributed by atoms with Crippen molar-refractivity contribution in [3.63, 3.8) is 0 Å². The molecule has 4 aliphatic rings. The van der Waals surface area contributed by atoms with Crippen molar-refractivity contribution in [2.24, 2.45) is 5.92 Å². The van der Waals surface area contributed by atoms with Crippen molar-refractivity contribution in [2.45, 2.75) is 69.4 Å². The maximum absolute atomic E-state index is 14.0. The number of hydrogen-bond acceptors (Lipinski definition) is 5. The monoisotopic (exact) mass is 623 g/mol. The van der Waals surface area contributed by atoms with Crippen LogP contribution in [-0.4, -0.2) is 77.3 Å². The fourth-order valence-electron chi connectivity index (χ4n) is 7.09. The Kier molecular flexibility index (Phi) is 7.88. The molecule has 1 N–H and O–H groups in total. The van der Waals surface area contributed by atoms with Gasteiger partial charge in [-0.1, -0.05) is 11.6 Å². The average Bonchev–Trinajstić information content (AvgIpc) is 3.82. The van der Waals surface area contributed by atoms with Gasteiger partial charge in [0.05, 0.1) is 17.7 Å². The predicted octanol–water partition coefficient (Wildman–Crippen LogP) is 5.62. The molecule has 2 saturated heterocycles.